The van der Waals surface area contributed by atoms with Crippen molar-refractivity contribution in [2.24, 2.45) is 0 Å². The third-order valence-electron chi connectivity index (χ3n) is 1.53. The van der Waals surface area contributed by atoms with E-state index in [1.54, 1.807) is 6.26 Å². The first kappa shape index (κ1) is 12.0. The van der Waals surface area contributed by atoms with Gasteiger partial charge in [-0.15, -0.1) is 11.8 Å². The van der Waals surface area contributed by atoms with Crippen LogP contribution in [-0.4, -0.2) is 6.26 Å². The van der Waals surface area contributed by atoms with Crippen LogP contribution in [0.1, 0.15) is 5.56 Å². The van der Waals surface area contributed by atoms with Crippen LogP contribution in [0.15, 0.2) is 17.0 Å². The molecule has 0 nitrogen and oxygen atoms in total. The van der Waals surface area contributed by atoms with E-state index in [0.717, 1.165) is 12.1 Å². The lowest BCUT2D eigenvalue weighted by Gasteiger charge is -2.10. The van der Waals surface area contributed by atoms with Gasteiger partial charge in [-0.3, -0.25) is 0 Å². The fourth-order valence-electron chi connectivity index (χ4n) is 0.919. The molecular formula is C8H5Cl2F3S. The molecule has 0 heterocycles. The van der Waals surface area contributed by atoms with Crippen molar-refractivity contribution in [3.05, 3.63) is 27.7 Å². The van der Waals surface area contributed by atoms with Crippen LogP contribution >= 0.6 is 35.0 Å². The van der Waals surface area contributed by atoms with Crippen LogP contribution in [0.25, 0.3) is 0 Å². The third-order valence-corrected chi connectivity index (χ3v) is 3.20. The lowest BCUT2D eigenvalue weighted by molar-refractivity contribution is -0.137. The Morgan fingerprint density at radius 3 is 1.86 bits per heavy atom. The van der Waals surface area contributed by atoms with Gasteiger partial charge in [-0.25, -0.2) is 0 Å². The topological polar surface area (TPSA) is 0 Å². The van der Waals surface area contributed by atoms with Crippen molar-refractivity contribution >= 4 is 35.0 Å². The van der Waals surface area contributed by atoms with Crippen LogP contribution < -0.4 is 0 Å². The second-order valence-electron chi connectivity index (χ2n) is 2.47. The van der Waals surface area contributed by atoms with E-state index in [4.69, 9.17) is 23.2 Å². The molecule has 6 heteroatoms. The number of alkyl halides is 3. The zero-order valence-corrected chi connectivity index (χ0v) is 9.28. The van der Waals surface area contributed by atoms with Gasteiger partial charge in [0, 0.05) is 4.90 Å². The van der Waals surface area contributed by atoms with E-state index in [9.17, 15) is 13.2 Å². The largest absolute Gasteiger partial charge is 0.416 e. The summed E-state index contributed by atoms with van der Waals surface area (Å²) in [6.07, 6.45) is -2.72. The van der Waals surface area contributed by atoms with Gasteiger partial charge in [0.15, 0.2) is 0 Å². The lowest BCUT2D eigenvalue weighted by Crippen LogP contribution is -2.04. The first-order chi connectivity index (χ1) is 6.36. The second kappa shape index (κ2) is 4.21. The van der Waals surface area contributed by atoms with Gasteiger partial charge in [0.05, 0.1) is 15.6 Å². The average molecular weight is 261 g/mol. The van der Waals surface area contributed by atoms with Crippen molar-refractivity contribution in [3.63, 3.8) is 0 Å². The molecule has 0 radical (unpaired) electrons. The van der Waals surface area contributed by atoms with Crippen LogP contribution in [0.4, 0.5) is 13.2 Å². The number of thioether (sulfide) groups is 1. The monoisotopic (exact) mass is 260 g/mol. The van der Waals surface area contributed by atoms with Gasteiger partial charge in [0.2, 0.25) is 0 Å². The summed E-state index contributed by atoms with van der Waals surface area (Å²) in [4.78, 5) is 0.460. The normalized spacial score (nSPS) is 11.9. The lowest BCUT2D eigenvalue weighted by atomic mass is 10.2. The molecule has 0 bridgehead atoms. The molecule has 0 amide bonds. The molecular weight excluding hydrogens is 256 g/mol. The molecule has 0 aromatic heterocycles. The number of hydrogen-bond donors (Lipinski definition) is 0. The molecule has 78 valence electrons. The minimum absolute atomic E-state index is 0.0253. The molecule has 0 saturated carbocycles. The minimum atomic E-state index is -4.41. The van der Waals surface area contributed by atoms with Gasteiger partial charge in [0.1, 0.15) is 0 Å². The van der Waals surface area contributed by atoms with Gasteiger partial charge in [-0.2, -0.15) is 13.2 Å². The summed E-state index contributed by atoms with van der Waals surface area (Å²) >= 11 is 12.5. The van der Waals surface area contributed by atoms with Crippen LogP contribution in [0.2, 0.25) is 10.0 Å². The molecule has 0 spiro atoms. The Bertz CT molecular complexity index is 326. The summed E-state index contributed by atoms with van der Waals surface area (Å²) in [5.74, 6) is 0. The summed E-state index contributed by atoms with van der Waals surface area (Å²) < 4.78 is 36.8. The van der Waals surface area contributed by atoms with Crippen LogP contribution in [0.5, 0.6) is 0 Å². The maximum absolute atomic E-state index is 12.3. The quantitative estimate of drug-likeness (QED) is 0.658. The summed E-state index contributed by atoms with van der Waals surface area (Å²) in [5, 5.41) is 0.0506. The van der Waals surface area contributed by atoms with E-state index in [1.165, 1.54) is 11.8 Å². The zero-order valence-electron chi connectivity index (χ0n) is 6.95. The number of hydrogen-bond acceptors (Lipinski definition) is 1. The Morgan fingerprint density at radius 1 is 1.14 bits per heavy atom. The molecule has 0 saturated heterocycles. The zero-order chi connectivity index (χ0) is 10.9. The van der Waals surface area contributed by atoms with E-state index in [-0.39, 0.29) is 10.0 Å². The van der Waals surface area contributed by atoms with E-state index in [2.05, 4.69) is 0 Å². The maximum atomic E-state index is 12.3. The van der Waals surface area contributed by atoms with Gasteiger partial charge >= 0.3 is 6.18 Å². The van der Waals surface area contributed by atoms with Crippen molar-refractivity contribution < 1.29 is 13.2 Å². The highest BCUT2D eigenvalue weighted by Gasteiger charge is 2.31. The molecule has 0 aliphatic carbocycles. The smallest absolute Gasteiger partial charge is 0.166 e. The molecule has 0 N–H and O–H groups in total. The fraction of sp³-hybridized carbons (Fsp3) is 0.250. The van der Waals surface area contributed by atoms with Gasteiger partial charge in [0.25, 0.3) is 0 Å². The van der Waals surface area contributed by atoms with Crippen molar-refractivity contribution in [2.45, 2.75) is 11.1 Å². The highest BCUT2D eigenvalue weighted by molar-refractivity contribution is 7.98. The van der Waals surface area contributed by atoms with E-state index >= 15 is 0 Å². The predicted molar refractivity (Wildman–Crippen MR) is 53.2 cm³/mol. The average Bonchev–Trinajstić information content (AvgIpc) is 2.01. The van der Waals surface area contributed by atoms with E-state index in [0.29, 0.717) is 4.90 Å². The molecule has 14 heavy (non-hydrogen) atoms. The van der Waals surface area contributed by atoms with Crippen molar-refractivity contribution in [2.75, 3.05) is 6.26 Å². The Kier molecular flexibility index (Phi) is 3.61. The van der Waals surface area contributed by atoms with E-state index < -0.39 is 11.7 Å². The fourth-order valence-corrected chi connectivity index (χ4v) is 2.38. The highest BCUT2D eigenvalue weighted by atomic mass is 35.5. The van der Waals surface area contributed by atoms with Gasteiger partial charge < -0.3 is 0 Å². The van der Waals surface area contributed by atoms with Crippen molar-refractivity contribution in [3.8, 4) is 0 Å². The Hall–Kier alpha value is -0.0600. The molecule has 0 fully saturated rings. The molecule has 0 aliphatic heterocycles. The second-order valence-corrected chi connectivity index (χ2v) is 4.10. The number of benzene rings is 1. The van der Waals surface area contributed by atoms with Crippen LogP contribution in [0.3, 0.4) is 0 Å². The number of halogens is 5. The molecule has 0 atom stereocenters. The van der Waals surface area contributed by atoms with Gasteiger partial charge in [-0.05, 0) is 18.4 Å². The van der Waals surface area contributed by atoms with Crippen molar-refractivity contribution in [1.29, 1.82) is 0 Å². The third kappa shape index (κ3) is 2.49. The Morgan fingerprint density at radius 2 is 1.57 bits per heavy atom. The van der Waals surface area contributed by atoms with Crippen LogP contribution in [-0.2, 0) is 6.18 Å². The molecule has 1 rings (SSSR count). The maximum Gasteiger partial charge on any atom is 0.416 e. The van der Waals surface area contributed by atoms with E-state index in [1.807, 2.05) is 0 Å². The molecule has 1 aromatic rings. The summed E-state index contributed by atoms with van der Waals surface area (Å²) in [7, 11) is 0. The number of rotatable bonds is 1. The molecule has 0 aliphatic rings. The highest BCUT2D eigenvalue weighted by Crippen LogP contribution is 2.39. The van der Waals surface area contributed by atoms with Crippen LogP contribution in [0, 0.1) is 0 Å². The summed E-state index contributed by atoms with van der Waals surface area (Å²) in [6.45, 7) is 0. The van der Waals surface area contributed by atoms with Gasteiger partial charge in [-0.1, -0.05) is 23.2 Å². The van der Waals surface area contributed by atoms with Crippen molar-refractivity contribution in [1.82, 2.24) is 0 Å². The summed E-state index contributed by atoms with van der Waals surface area (Å²) in [5.41, 5.74) is -0.828. The predicted octanol–water partition coefficient (Wildman–Crippen LogP) is 4.73. The first-order valence-electron chi connectivity index (χ1n) is 3.46. The standard InChI is InChI=1S/C8H5Cl2F3S/c1-14-7-5(9)2-4(3-6(7)10)8(11,12)13/h2-3H,1H3. The Balaban J connectivity index is 3.28. The molecule has 0 unspecified atom stereocenters. The Labute approximate surface area is 93.4 Å². The minimum Gasteiger partial charge on any atom is -0.166 e. The summed E-state index contributed by atoms with van der Waals surface area (Å²) in [6, 6.07) is 1.75. The first-order valence-corrected chi connectivity index (χ1v) is 5.44. The SMILES string of the molecule is CSc1c(Cl)cc(C(F)(F)F)cc1Cl. The molecule has 1 aromatic carbocycles.